The first kappa shape index (κ1) is 12.9. The van der Waals surface area contributed by atoms with E-state index < -0.39 is 0 Å². The van der Waals surface area contributed by atoms with Gasteiger partial charge in [0.1, 0.15) is 0 Å². The lowest BCUT2D eigenvalue weighted by atomic mass is 10.1. The van der Waals surface area contributed by atoms with Crippen LogP contribution in [0.3, 0.4) is 0 Å². The SMILES string of the molecule is ON(O)c1ccc2c(c1)c1ccccc1n2-c1ccccc1. The van der Waals surface area contributed by atoms with Gasteiger partial charge in [-0.05, 0) is 36.4 Å². The highest BCUT2D eigenvalue weighted by Crippen LogP contribution is 2.33. The van der Waals surface area contributed by atoms with Gasteiger partial charge in [0.15, 0.2) is 0 Å². The second kappa shape index (κ2) is 4.87. The number of anilines is 1. The number of rotatable bonds is 2. The van der Waals surface area contributed by atoms with Gasteiger partial charge < -0.3 is 4.57 Å². The fraction of sp³-hybridized carbons (Fsp3) is 0. The molecule has 4 rings (SSSR count). The van der Waals surface area contributed by atoms with Crippen molar-refractivity contribution in [3.63, 3.8) is 0 Å². The molecule has 0 spiro atoms. The number of hydrogen-bond donors (Lipinski definition) is 2. The predicted molar refractivity (Wildman–Crippen MR) is 86.8 cm³/mol. The molecule has 0 aliphatic carbocycles. The first-order valence-electron chi connectivity index (χ1n) is 7.02. The van der Waals surface area contributed by atoms with E-state index in [9.17, 15) is 10.4 Å². The molecule has 0 amide bonds. The van der Waals surface area contributed by atoms with Crippen molar-refractivity contribution < 1.29 is 10.4 Å². The zero-order valence-corrected chi connectivity index (χ0v) is 11.7. The van der Waals surface area contributed by atoms with Crippen molar-refractivity contribution in [1.29, 1.82) is 0 Å². The second-order valence-electron chi connectivity index (χ2n) is 5.18. The van der Waals surface area contributed by atoms with Crippen LogP contribution in [0.25, 0.3) is 27.5 Å². The predicted octanol–water partition coefficient (Wildman–Crippen LogP) is 4.37. The van der Waals surface area contributed by atoms with E-state index in [4.69, 9.17) is 0 Å². The molecule has 1 heterocycles. The molecule has 1 aromatic heterocycles. The van der Waals surface area contributed by atoms with Gasteiger partial charge in [0.05, 0.1) is 16.7 Å². The van der Waals surface area contributed by atoms with Gasteiger partial charge >= 0.3 is 0 Å². The van der Waals surface area contributed by atoms with Crippen molar-refractivity contribution in [3.05, 3.63) is 72.8 Å². The molecule has 4 aromatic rings. The number of fused-ring (bicyclic) bond motifs is 3. The normalized spacial score (nSPS) is 11.2. The third kappa shape index (κ3) is 1.86. The summed E-state index contributed by atoms with van der Waals surface area (Å²) in [6, 6.07) is 23.6. The van der Waals surface area contributed by atoms with E-state index >= 15 is 0 Å². The molecule has 4 heteroatoms. The second-order valence-corrected chi connectivity index (χ2v) is 5.18. The summed E-state index contributed by atoms with van der Waals surface area (Å²) in [6.45, 7) is 0. The molecule has 0 radical (unpaired) electrons. The van der Waals surface area contributed by atoms with Crippen LogP contribution in [0.5, 0.6) is 0 Å². The summed E-state index contributed by atoms with van der Waals surface area (Å²) in [7, 11) is 0. The first-order chi connectivity index (χ1) is 10.8. The highest BCUT2D eigenvalue weighted by Gasteiger charge is 2.13. The van der Waals surface area contributed by atoms with E-state index in [-0.39, 0.29) is 5.23 Å². The summed E-state index contributed by atoms with van der Waals surface area (Å²) in [6.07, 6.45) is 0. The standard InChI is InChI=1S/C18H14N2O2/c21-20(22)14-10-11-18-16(12-14)15-8-4-5-9-17(15)19(18)13-6-2-1-3-7-13/h1-12,21-22H. The molecule has 0 saturated heterocycles. The van der Waals surface area contributed by atoms with E-state index in [0.29, 0.717) is 5.69 Å². The van der Waals surface area contributed by atoms with Gasteiger partial charge in [-0.15, -0.1) is 5.23 Å². The van der Waals surface area contributed by atoms with E-state index in [1.807, 2.05) is 42.5 Å². The Hall–Kier alpha value is -2.82. The van der Waals surface area contributed by atoms with Crippen LogP contribution in [0.1, 0.15) is 0 Å². The maximum atomic E-state index is 9.26. The Morgan fingerprint density at radius 3 is 2.14 bits per heavy atom. The van der Waals surface area contributed by atoms with Crippen LogP contribution in [0.15, 0.2) is 72.8 Å². The zero-order chi connectivity index (χ0) is 15.1. The maximum absolute atomic E-state index is 9.26. The van der Waals surface area contributed by atoms with Gasteiger partial charge in [0, 0.05) is 16.5 Å². The minimum atomic E-state index is 0.147. The molecule has 0 unspecified atom stereocenters. The smallest absolute Gasteiger partial charge is 0.0950 e. The average Bonchev–Trinajstić information content (AvgIpc) is 2.89. The molecule has 0 aliphatic rings. The van der Waals surface area contributed by atoms with Gasteiger partial charge in [-0.3, -0.25) is 10.4 Å². The first-order valence-corrected chi connectivity index (χ1v) is 7.02. The van der Waals surface area contributed by atoms with Crippen LogP contribution in [-0.2, 0) is 0 Å². The minimum Gasteiger partial charge on any atom is -0.309 e. The molecule has 0 fully saturated rings. The van der Waals surface area contributed by atoms with Gasteiger partial charge in [0.25, 0.3) is 0 Å². The molecule has 0 atom stereocenters. The third-order valence-corrected chi connectivity index (χ3v) is 3.90. The molecule has 3 aromatic carbocycles. The molecular formula is C18H14N2O2. The number of para-hydroxylation sites is 2. The van der Waals surface area contributed by atoms with Crippen molar-refractivity contribution in [3.8, 4) is 5.69 Å². The van der Waals surface area contributed by atoms with E-state index in [2.05, 4.69) is 22.8 Å². The van der Waals surface area contributed by atoms with Gasteiger partial charge in [-0.1, -0.05) is 36.4 Å². The molecule has 22 heavy (non-hydrogen) atoms. The van der Waals surface area contributed by atoms with E-state index in [1.165, 1.54) is 0 Å². The molecule has 0 saturated carbocycles. The Kier molecular flexibility index (Phi) is 2.85. The van der Waals surface area contributed by atoms with Crippen molar-refractivity contribution in [2.75, 3.05) is 5.23 Å². The van der Waals surface area contributed by atoms with Crippen molar-refractivity contribution in [2.45, 2.75) is 0 Å². The van der Waals surface area contributed by atoms with Crippen LogP contribution in [0.4, 0.5) is 5.69 Å². The summed E-state index contributed by atoms with van der Waals surface area (Å²) in [5.74, 6) is 0. The lowest BCUT2D eigenvalue weighted by Gasteiger charge is -2.09. The lowest BCUT2D eigenvalue weighted by molar-refractivity contribution is 0.0292. The van der Waals surface area contributed by atoms with Crippen LogP contribution >= 0.6 is 0 Å². The van der Waals surface area contributed by atoms with Crippen LogP contribution in [0.2, 0.25) is 0 Å². The fourth-order valence-electron chi connectivity index (χ4n) is 2.94. The highest BCUT2D eigenvalue weighted by molar-refractivity contribution is 6.10. The minimum absolute atomic E-state index is 0.147. The van der Waals surface area contributed by atoms with Gasteiger partial charge in [-0.25, -0.2) is 0 Å². The van der Waals surface area contributed by atoms with Gasteiger partial charge in [0.2, 0.25) is 0 Å². The monoisotopic (exact) mass is 290 g/mol. The maximum Gasteiger partial charge on any atom is 0.0950 e. The fourth-order valence-corrected chi connectivity index (χ4v) is 2.94. The number of hydrogen-bond acceptors (Lipinski definition) is 3. The van der Waals surface area contributed by atoms with Crippen molar-refractivity contribution >= 4 is 27.5 Å². The number of benzene rings is 3. The summed E-state index contributed by atoms with van der Waals surface area (Å²) in [5.41, 5.74) is 3.52. The van der Waals surface area contributed by atoms with Crippen molar-refractivity contribution in [2.24, 2.45) is 0 Å². The topological polar surface area (TPSA) is 48.6 Å². The Balaban J connectivity index is 2.14. The average molecular weight is 290 g/mol. The molecule has 0 bridgehead atoms. The van der Waals surface area contributed by atoms with Crippen LogP contribution < -0.4 is 5.23 Å². The molecule has 0 aliphatic heterocycles. The Morgan fingerprint density at radius 1 is 0.682 bits per heavy atom. The summed E-state index contributed by atoms with van der Waals surface area (Å²) >= 11 is 0. The largest absolute Gasteiger partial charge is 0.309 e. The molecule has 2 N–H and O–H groups in total. The lowest BCUT2D eigenvalue weighted by Crippen LogP contribution is -2.10. The van der Waals surface area contributed by atoms with E-state index in [0.717, 1.165) is 27.5 Å². The molecular weight excluding hydrogens is 276 g/mol. The summed E-state index contributed by atoms with van der Waals surface area (Å²) in [5, 5.41) is 20.7. The molecule has 108 valence electrons. The Bertz CT molecular complexity index is 959. The molecule has 4 nitrogen and oxygen atoms in total. The highest BCUT2D eigenvalue weighted by atomic mass is 16.8. The van der Waals surface area contributed by atoms with Crippen LogP contribution in [0, 0.1) is 0 Å². The number of nitrogens with zero attached hydrogens (tertiary/aromatic N) is 2. The summed E-state index contributed by atoms with van der Waals surface area (Å²) in [4.78, 5) is 0. The summed E-state index contributed by atoms with van der Waals surface area (Å²) < 4.78 is 2.17. The Labute approximate surface area is 127 Å². The zero-order valence-electron chi connectivity index (χ0n) is 11.7. The number of aromatic nitrogens is 1. The van der Waals surface area contributed by atoms with Gasteiger partial charge in [-0.2, -0.15) is 0 Å². The Morgan fingerprint density at radius 2 is 1.36 bits per heavy atom. The third-order valence-electron chi connectivity index (χ3n) is 3.90. The quantitative estimate of drug-likeness (QED) is 0.539. The van der Waals surface area contributed by atoms with E-state index in [1.54, 1.807) is 12.1 Å². The van der Waals surface area contributed by atoms with Crippen molar-refractivity contribution in [1.82, 2.24) is 4.57 Å². The van der Waals surface area contributed by atoms with Crippen LogP contribution in [-0.4, -0.2) is 15.0 Å².